The van der Waals surface area contributed by atoms with Crippen molar-refractivity contribution in [2.75, 3.05) is 5.73 Å². The molecule has 3 nitrogen and oxygen atoms in total. The van der Waals surface area contributed by atoms with E-state index in [0.29, 0.717) is 0 Å². The maximum atomic E-state index is 6.21. The van der Waals surface area contributed by atoms with Crippen LogP contribution in [0.1, 0.15) is 43.4 Å². The Morgan fingerprint density at radius 2 is 2.11 bits per heavy atom. The Balaban J connectivity index is 1.89. The highest BCUT2D eigenvalue weighted by atomic mass is 15.1. The minimum atomic E-state index is 0.784. The minimum Gasteiger partial charge on any atom is -0.383 e. The lowest BCUT2D eigenvalue weighted by Crippen LogP contribution is -2.10. The van der Waals surface area contributed by atoms with Crippen LogP contribution in [0.25, 0.3) is 5.65 Å². The van der Waals surface area contributed by atoms with E-state index in [1.807, 2.05) is 10.6 Å². The van der Waals surface area contributed by atoms with E-state index in [4.69, 9.17) is 10.7 Å². The molecule has 18 heavy (non-hydrogen) atoms. The fourth-order valence-corrected chi connectivity index (χ4v) is 3.03. The zero-order valence-corrected chi connectivity index (χ0v) is 11.0. The number of fused-ring (bicyclic) bond motifs is 1. The van der Waals surface area contributed by atoms with E-state index in [-0.39, 0.29) is 0 Å². The first kappa shape index (κ1) is 11.6. The van der Waals surface area contributed by atoms with Crippen LogP contribution in [0.5, 0.6) is 0 Å². The molecular weight excluding hydrogens is 222 g/mol. The second-order valence-electron chi connectivity index (χ2n) is 5.58. The SMILES string of the molecule is Cc1ccn2c(N)c(CC3CCCCC3)nc2c1. The minimum absolute atomic E-state index is 0.784. The van der Waals surface area contributed by atoms with Gasteiger partial charge in [-0.3, -0.25) is 4.40 Å². The molecule has 0 aromatic carbocycles. The summed E-state index contributed by atoms with van der Waals surface area (Å²) in [7, 11) is 0. The van der Waals surface area contributed by atoms with Crippen molar-refractivity contribution in [2.45, 2.75) is 45.4 Å². The van der Waals surface area contributed by atoms with Crippen molar-refractivity contribution >= 4 is 11.5 Å². The fraction of sp³-hybridized carbons (Fsp3) is 0.533. The van der Waals surface area contributed by atoms with Crippen LogP contribution >= 0.6 is 0 Å². The number of nitrogens with two attached hydrogens (primary N) is 1. The molecule has 0 spiro atoms. The summed E-state index contributed by atoms with van der Waals surface area (Å²) in [5, 5.41) is 0. The summed E-state index contributed by atoms with van der Waals surface area (Å²) >= 11 is 0. The highest BCUT2D eigenvalue weighted by molar-refractivity contribution is 5.53. The smallest absolute Gasteiger partial charge is 0.138 e. The monoisotopic (exact) mass is 243 g/mol. The van der Waals surface area contributed by atoms with Crippen LogP contribution in [-0.4, -0.2) is 9.38 Å². The molecule has 1 saturated carbocycles. The largest absolute Gasteiger partial charge is 0.383 e. The Hall–Kier alpha value is -1.51. The molecule has 0 amide bonds. The van der Waals surface area contributed by atoms with Crippen molar-refractivity contribution in [1.82, 2.24) is 9.38 Å². The summed E-state index contributed by atoms with van der Waals surface area (Å²) in [5.41, 5.74) is 9.51. The quantitative estimate of drug-likeness (QED) is 0.879. The number of imidazole rings is 1. The van der Waals surface area contributed by atoms with Gasteiger partial charge in [-0.05, 0) is 37.0 Å². The van der Waals surface area contributed by atoms with E-state index < -0.39 is 0 Å². The molecule has 2 aromatic rings. The van der Waals surface area contributed by atoms with Gasteiger partial charge in [-0.15, -0.1) is 0 Å². The van der Waals surface area contributed by atoms with Gasteiger partial charge in [0, 0.05) is 6.20 Å². The zero-order valence-electron chi connectivity index (χ0n) is 11.0. The molecule has 3 rings (SSSR count). The number of rotatable bonds is 2. The van der Waals surface area contributed by atoms with Crippen molar-refractivity contribution in [3.63, 3.8) is 0 Å². The van der Waals surface area contributed by atoms with Crippen molar-refractivity contribution in [2.24, 2.45) is 5.92 Å². The Bertz CT molecular complexity index is 550. The molecule has 3 heteroatoms. The van der Waals surface area contributed by atoms with Gasteiger partial charge in [0.15, 0.2) is 0 Å². The Morgan fingerprint density at radius 3 is 2.89 bits per heavy atom. The van der Waals surface area contributed by atoms with Crippen molar-refractivity contribution in [3.05, 3.63) is 29.6 Å². The van der Waals surface area contributed by atoms with Crippen LogP contribution in [0, 0.1) is 12.8 Å². The molecule has 2 heterocycles. The third kappa shape index (κ3) is 2.09. The van der Waals surface area contributed by atoms with E-state index in [1.54, 1.807) is 0 Å². The van der Waals surface area contributed by atoms with Gasteiger partial charge in [0.2, 0.25) is 0 Å². The van der Waals surface area contributed by atoms with Crippen LogP contribution < -0.4 is 5.73 Å². The number of anilines is 1. The molecule has 1 aliphatic carbocycles. The van der Waals surface area contributed by atoms with Crippen molar-refractivity contribution in [3.8, 4) is 0 Å². The average Bonchev–Trinajstić information content (AvgIpc) is 2.67. The van der Waals surface area contributed by atoms with Gasteiger partial charge in [0.1, 0.15) is 11.5 Å². The lowest BCUT2D eigenvalue weighted by molar-refractivity contribution is 0.355. The third-order valence-corrected chi connectivity index (χ3v) is 4.10. The molecule has 1 fully saturated rings. The van der Waals surface area contributed by atoms with E-state index in [1.165, 1.54) is 37.7 Å². The molecule has 0 saturated heterocycles. The number of aryl methyl sites for hydroxylation is 1. The van der Waals surface area contributed by atoms with Gasteiger partial charge in [-0.1, -0.05) is 32.1 Å². The Kier molecular flexibility index (Phi) is 2.98. The summed E-state index contributed by atoms with van der Waals surface area (Å²) in [6.45, 7) is 2.09. The molecule has 2 N–H and O–H groups in total. The molecule has 0 atom stereocenters. The molecule has 0 aliphatic heterocycles. The maximum absolute atomic E-state index is 6.21. The summed E-state index contributed by atoms with van der Waals surface area (Å²) in [4.78, 5) is 4.71. The standard InChI is InChI=1S/C15H21N3/c1-11-7-8-18-14(9-11)17-13(15(18)16)10-12-5-3-2-4-6-12/h7-9,12H,2-6,10,16H2,1H3. The van der Waals surface area contributed by atoms with Gasteiger partial charge in [-0.25, -0.2) is 4.98 Å². The molecule has 1 aliphatic rings. The van der Waals surface area contributed by atoms with E-state index in [0.717, 1.165) is 29.5 Å². The van der Waals surface area contributed by atoms with E-state index in [2.05, 4.69) is 19.1 Å². The number of nitrogens with zero attached hydrogens (tertiary/aromatic N) is 2. The molecular formula is C15H21N3. The number of hydrogen-bond donors (Lipinski definition) is 1. The first-order valence-corrected chi connectivity index (χ1v) is 6.97. The van der Waals surface area contributed by atoms with Gasteiger partial charge < -0.3 is 5.73 Å². The number of pyridine rings is 1. The molecule has 0 bridgehead atoms. The van der Waals surface area contributed by atoms with Gasteiger partial charge >= 0.3 is 0 Å². The average molecular weight is 243 g/mol. The van der Waals surface area contributed by atoms with Crippen LogP contribution in [0.3, 0.4) is 0 Å². The number of nitrogen functional groups attached to an aromatic ring is 1. The molecule has 0 radical (unpaired) electrons. The number of hydrogen-bond acceptors (Lipinski definition) is 2. The normalized spacial score (nSPS) is 17.4. The lowest BCUT2D eigenvalue weighted by Gasteiger charge is -2.20. The highest BCUT2D eigenvalue weighted by Crippen LogP contribution is 2.28. The molecule has 0 unspecified atom stereocenters. The van der Waals surface area contributed by atoms with Crippen molar-refractivity contribution < 1.29 is 0 Å². The van der Waals surface area contributed by atoms with Crippen LogP contribution in [0.15, 0.2) is 18.3 Å². The Morgan fingerprint density at radius 1 is 1.33 bits per heavy atom. The third-order valence-electron chi connectivity index (χ3n) is 4.10. The first-order valence-electron chi connectivity index (χ1n) is 6.97. The van der Waals surface area contributed by atoms with Gasteiger partial charge in [-0.2, -0.15) is 0 Å². The topological polar surface area (TPSA) is 43.3 Å². The Labute approximate surface area is 108 Å². The zero-order chi connectivity index (χ0) is 12.5. The number of aromatic nitrogens is 2. The van der Waals surface area contributed by atoms with Crippen LogP contribution in [0.2, 0.25) is 0 Å². The van der Waals surface area contributed by atoms with E-state index >= 15 is 0 Å². The van der Waals surface area contributed by atoms with Gasteiger partial charge in [0.25, 0.3) is 0 Å². The first-order chi connectivity index (χ1) is 8.74. The summed E-state index contributed by atoms with van der Waals surface area (Å²) in [6.07, 6.45) is 9.90. The predicted octanol–water partition coefficient (Wildman–Crippen LogP) is 3.35. The second kappa shape index (κ2) is 4.63. The molecule has 96 valence electrons. The van der Waals surface area contributed by atoms with Crippen LogP contribution in [-0.2, 0) is 6.42 Å². The summed E-state index contributed by atoms with van der Waals surface area (Å²) < 4.78 is 2.01. The van der Waals surface area contributed by atoms with Gasteiger partial charge in [0.05, 0.1) is 5.69 Å². The van der Waals surface area contributed by atoms with Crippen LogP contribution in [0.4, 0.5) is 5.82 Å². The second-order valence-corrected chi connectivity index (χ2v) is 5.58. The van der Waals surface area contributed by atoms with Crippen molar-refractivity contribution in [1.29, 1.82) is 0 Å². The van der Waals surface area contributed by atoms with E-state index in [9.17, 15) is 0 Å². The molecule has 2 aromatic heterocycles. The fourth-order valence-electron chi connectivity index (χ4n) is 3.03. The summed E-state index contributed by atoms with van der Waals surface area (Å²) in [6, 6.07) is 4.18. The summed E-state index contributed by atoms with van der Waals surface area (Å²) in [5.74, 6) is 1.61. The predicted molar refractivity (Wildman–Crippen MR) is 74.6 cm³/mol. The maximum Gasteiger partial charge on any atom is 0.138 e. The lowest BCUT2D eigenvalue weighted by atomic mass is 9.86. The highest BCUT2D eigenvalue weighted by Gasteiger charge is 2.18.